The molecule has 0 aromatic rings. The molecule has 0 aliphatic heterocycles. The molecule has 5 nitrogen and oxygen atoms in total. The zero-order valence-electron chi connectivity index (χ0n) is 15.5. The SMILES string of the molecule is CC(C)(O)CC1C=C(C=O)[C@H]2CC[C@@]3(C)C[C@](O)(CC[C@H]3O)[C@@H]2[C@H]1O. The molecule has 0 saturated heterocycles. The standard InChI is InChI=1S/C20H32O5/c1-18(2,24)9-12-8-13(10-21)14-4-6-19(3)11-20(25,7-5-15(19)22)16(14)17(12)23/h8,10,12,14-17,22-25H,4-7,9,11H2,1-3H3/t12?,14-,15-,16+,17+,19+,20-/m1/s1. The van der Waals surface area contributed by atoms with Gasteiger partial charge in [-0.25, -0.2) is 0 Å². The van der Waals surface area contributed by atoms with Crippen LogP contribution in [0.4, 0.5) is 0 Å². The minimum atomic E-state index is -1.09. The van der Waals surface area contributed by atoms with E-state index in [4.69, 9.17) is 0 Å². The van der Waals surface area contributed by atoms with Gasteiger partial charge in [0.2, 0.25) is 0 Å². The summed E-state index contributed by atoms with van der Waals surface area (Å²) in [5.41, 5.74) is -1.81. The fourth-order valence-corrected chi connectivity index (χ4v) is 5.77. The lowest BCUT2D eigenvalue weighted by Gasteiger charge is -2.51. The molecule has 25 heavy (non-hydrogen) atoms. The number of aliphatic hydroxyl groups excluding tert-OH is 2. The van der Waals surface area contributed by atoms with Crippen LogP contribution >= 0.6 is 0 Å². The molecule has 0 spiro atoms. The van der Waals surface area contributed by atoms with Gasteiger partial charge in [-0.15, -0.1) is 0 Å². The highest BCUT2D eigenvalue weighted by Crippen LogP contribution is 2.57. The molecule has 0 radical (unpaired) electrons. The van der Waals surface area contributed by atoms with Gasteiger partial charge in [0.1, 0.15) is 6.29 Å². The smallest absolute Gasteiger partial charge is 0.146 e. The maximum absolute atomic E-state index is 11.7. The van der Waals surface area contributed by atoms with E-state index in [2.05, 4.69) is 0 Å². The average molecular weight is 352 g/mol. The van der Waals surface area contributed by atoms with Crippen LogP contribution in [0.1, 0.15) is 59.3 Å². The lowest BCUT2D eigenvalue weighted by molar-refractivity contribution is -0.160. The molecule has 0 heterocycles. The Morgan fingerprint density at radius 2 is 1.96 bits per heavy atom. The van der Waals surface area contributed by atoms with Crippen LogP contribution in [0.25, 0.3) is 0 Å². The van der Waals surface area contributed by atoms with Crippen molar-refractivity contribution in [3.8, 4) is 0 Å². The third-order valence-electron chi connectivity index (χ3n) is 6.96. The highest BCUT2D eigenvalue weighted by atomic mass is 16.3. The summed E-state index contributed by atoms with van der Waals surface area (Å²) in [6, 6.07) is 0. The van der Waals surface area contributed by atoms with E-state index in [0.717, 1.165) is 12.7 Å². The summed E-state index contributed by atoms with van der Waals surface area (Å²) < 4.78 is 0. The largest absolute Gasteiger partial charge is 0.393 e. The summed E-state index contributed by atoms with van der Waals surface area (Å²) in [6.07, 6.45) is 4.52. The van der Waals surface area contributed by atoms with Crippen molar-refractivity contribution in [2.45, 2.75) is 82.7 Å². The van der Waals surface area contributed by atoms with Crippen molar-refractivity contribution >= 4 is 6.29 Å². The van der Waals surface area contributed by atoms with Crippen LogP contribution in [0.15, 0.2) is 11.6 Å². The Bertz CT molecular complexity index is 565. The zero-order valence-corrected chi connectivity index (χ0v) is 15.5. The summed E-state index contributed by atoms with van der Waals surface area (Å²) in [4.78, 5) is 11.7. The molecule has 5 heteroatoms. The van der Waals surface area contributed by atoms with E-state index >= 15 is 0 Å². The fraction of sp³-hybridized carbons (Fsp3) is 0.850. The first-order valence-electron chi connectivity index (χ1n) is 9.47. The predicted molar refractivity (Wildman–Crippen MR) is 93.7 cm³/mol. The van der Waals surface area contributed by atoms with Gasteiger partial charge in [-0.1, -0.05) is 13.0 Å². The molecule has 4 N–H and O–H groups in total. The van der Waals surface area contributed by atoms with Crippen LogP contribution in [0.3, 0.4) is 0 Å². The Morgan fingerprint density at radius 1 is 1.28 bits per heavy atom. The second kappa shape index (κ2) is 6.15. The number of allylic oxidation sites excluding steroid dienone is 1. The first-order chi connectivity index (χ1) is 11.5. The maximum atomic E-state index is 11.7. The summed E-state index contributed by atoms with van der Waals surface area (Å²) in [6.45, 7) is 5.39. The number of hydrogen-bond acceptors (Lipinski definition) is 5. The zero-order chi connectivity index (χ0) is 18.6. The third kappa shape index (κ3) is 3.32. The number of hydrogen-bond donors (Lipinski definition) is 4. The predicted octanol–water partition coefficient (Wildman–Crippen LogP) is 1.57. The normalized spacial score (nSPS) is 47.5. The summed E-state index contributed by atoms with van der Waals surface area (Å²) in [5, 5.41) is 43.2. The Kier molecular flexibility index (Phi) is 4.68. The molecule has 2 bridgehead atoms. The molecular formula is C20H32O5. The molecule has 0 aromatic carbocycles. The van der Waals surface area contributed by atoms with Crippen molar-refractivity contribution in [2.24, 2.45) is 23.2 Å². The van der Waals surface area contributed by atoms with E-state index in [1.165, 1.54) is 0 Å². The molecule has 2 fully saturated rings. The van der Waals surface area contributed by atoms with Gasteiger partial charge < -0.3 is 20.4 Å². The minimum Gasteiger partial charge on any atom is -0.393 e. The van der Waals surface area contributed by atoms with E-state index < -0.39 is 29.3 Å². The number of aliphatic hydroxyl groups is 4. The number of fused-ring (bicyclic) bond motifs is 4. The molecule has 3 aliphatic carbocycles. The van der Waals surface area contributed by atoms with Crippen molar-refractivity contribution in [3.63, 3.8) is 0 Å². The van der Waals surface area contributed by atoms with Crippen LogP contribution in [0, 0.1) is 23.2 Å². The second-order valence-corrected chi connectivity index (χ2v) is 9.62. The Morgan fingerprint density at radius 3 is 2.56 bits per heavy atom. The molecule has 0 amide bonds. The van der Waals surface area contributed by atoms with Crippen LogP contribution < -0.4 is 0 Å². The van der Waals surface area contributed by atoms with Gasteiger partial charge in [-0.3, -0.25) is 4.79 Å². The first-order valence-corrected chi connectivity index (χ1v) is 9.47. The fourth-order valence-electron chi connectivity index (χ4n) is 5.77. The average Bonchev–Trinajstić information content (AvgIpc) is 2.59. The highest BCUT2D eigenvalue weighted by Gasteiger charge is 2.58. The van der Waals surface area contributed by atoms with Crippen molar-refractivity contribution < 1.29 is 25.2 Å². The summed E-state index contributed by atoms with van der Waals surface area (Å²) >= 11 is 0. The van der Waals surface area contributed by atoms with E-state index in [1.807, 2.05) is 6.92 Å². The summed E-state index contributed by atoms with van der Waals surface area (Å²) in [5.74, 6) is -0.983. The molecule has 7 atom stereocenters. The quantitative estimate of drug-likeness (QED) is 0.578. The number of carbonyl (C=O) groups excluding carboxylic acids is 1. The van der Waals surface area contributed by atoms with Gasteiger partial charge in [0.05, 0.1) is 23.4 Å². The van der Waals surface area contributed by atoms with Crippen LogP contribution in [-0.2, 0) is 4.79 Å². The van der Waals surface area contributed by atoms with Gasteiger partial charge in [-0.05, 0) is 69.3 Å². The Labute approximate surface area is 149 Å². The van der Waals surface area contributed by atoms with E-state index in [0.29, 0.717) is 37.7 Å². The minimum absolute atomic E-state index is 0.192. The van der Waals surface area contributed by atoms with E-state index in [9.17, 15) is 25.2 Å². The van der Waals surface area contributed by atoms with E-state index in [1.54, 1.807) is 19.9 Å². The van der Waals surface area contributed by atoms with Crippen LogP contribution in [0.5, 0.6) is 0 Å². The lowest BCUT2D eigenvalue weighted by atomic mass is 9.59. The van der Waals surface area contributed by atoms with E-state index in [-0.39, 0.29) is 17.3 Å². The molecular weight excluding hydrogens is 320 g/mol. The van der Waals surface area contributed by atoms with Crippen molar-refractivity contribution in [3.05, 3.63) is 11.6 Å². The van der Waals surface area contributed by atoms with Gasteiger partial charge in [0.15, 0.2) is 0 Å². The molecule has 3 aliphatic rings. The number of aldehydes is 1. The second-order valence-electron chi connectivity index (χ2n) is 9.62. The van der Waals surface area contributed by atoms with Crippen LogP contribution in [-0.4, -0.2) is 50.1 Å². The number of rotatable bonds is 3. The first kappa shape index (κ1) is 19.0. The maximum Gasteiger partial charge on any atom is 0.146 e. The van der Waals surface area contributed by atoms with Crippen molar-refractivity contribution in [1.29, 1.82) is 0 Å². The highest BCUT2D eigenvalue weighted by molar-refractivity contribution is 5.74. The number of carbonyl (C=O) groups is 1. The lowest BCUT2D eigenvalue weighted by Crippen LogP contribution is -2.56. The molecule has 3 rings (SSSR count). The summed E-state index contributed by atoms with van der Waals surface area (Å²) in [7, 11) is 0. The van der Waals surface area contributed by atoms with Gasteiger partial charge >= 0.3 is 0 Å². The molecule has 2 saturated carbocycles. The molecule has 142 valence electrons. The van der Waals surface area contributed by atoms with Gasteiger partial charge in [-0.2, -0.15) is 0 Å². The van der Waals surface area contributed by atoms with Gasteiger partial charge in [0, 0.05) is 11.8 Å². The topological polar surface area (TPSA) is 98.0 Å². The molecule has 1 unspecified atom stereocenters. The van der Waals surface area contributed by atoms with Crippen molar-refractivity contribution in [1.82, 2.24) is 0 Å². The molecule has 0 aromatic heterocycles. The van der Waals surface area contributed by atoms with Crippen LogP contribution in [0.2, 0.25) is 0 Å². The van der Waals surface area contributed by atoms with Crippen molar-refractivity contribution in [2.75, 3.05) is 0 Å². The Balaban J connectivity index is 2.02. The third-order valence-corrected chi connectivity index (χ3v) is 6.96. The van der Waals surface area contributed by atoms with Gasteiger partial charge in [0.25, 0.3) is 0 Å². The Hall–Kier alpha value is -0.750. The monoisotopic (exact) mass is 352 g/mol.